The number of hydrogen-bond donors (Lipinski definition) is 1. The Morgan fingerprint density at radius 2 is 1.89 bits per heavy atom. The molecule has 18 heavy (non-hydrogen) atoms. The van der Waals surface area contributed by atoms with Crippen molar-refractivity contribution in [1.82, 2.24) is 4.90 Å². The van der Waals surface area contributed by atoms with E-state index in [1.807, 2.05) is 12.1 Å². The predicted octanol–water partition coefficient (Wildman–Crippen LogP) is 1.45. The van der Waals surface area contributed by atoms with Gasteiger partial charge in [-0.15, -0.1) is 12.4 Å². The molecule has 1 aliphatic rings. The number of ether oxygens (including phenoxy) is 2. The van der Waals surface area contributed by atoms with E-state index >= 15 is 0 Å². The van der Waals surface area contributed by atoms with E-state index in [9.17, 15) is 0 Å². The fourth-order valence-electron chi connectivity index (χ4n) is 2.21. The SMILES string of the molecule is COc1ccc(C(CN)N2CCOCC2)cc1.Cl. The Morgan fingerprint density at radius 1 is 1.28 bits per heavy atom. The molecular formula is C13H21ClN2O2. The molecule has 0 bridgehead atoms. The lowest BCUT2D eigenvalue weighted by Gasteiger charge is -2.34. The first kappa shape index (κ1) is 15.2. The standard InChI is InChI=1S/C13H20N2O2.ClH/c1-16-12-4-2-11(3-5-12)13(10-14)15-6-8-17-9-7-15;/h2-5,13H,6-10,14H2,1H3;1H. The van der Waals surface area contributed by atoms with E-state index in [-0.39, 0.29) is 18.4 Å². The van der Waals surface area contributed by atoms with Crippen molar-refractivity contribution in [3.8, 4) is 5.75 Å². The van der Waals surface area contributed by atoms with Gasteiger partial charge in [0.1, 0.15) is 5.75 Å². The number of nitrogens with zero attached hydrogens (tertiary/aromatic N) is 1. The van der Waals surface area contributed by atoms with E-state index in [1.54, 1.807) is 7.11 Å². The van der Waals surface area contributed by atoms with Crippen molar-refractivity contribution in [2.24, 2.45) is 5.73 Å². The second-order valence-electron chi connectivity index (χ2n) is 4.17. The minimum absolute atomic E-state index is 0. The minimum Gasteiger partial charge on any atom is -0.497 e. The third-order valence-corrected chi connectivity index (χ3v) is 3.21. The average molecular weight is 273 g/mol. The largest absolute Gasteiger partial charge is 0.497 e. The smallest absolute Gasteiger partial charge is 0.118 e. The van der Waals surface area contributed by atoms with Crippen LogP contribution in [-0.4, -0.2) is 44.9 Å². The summed E-state index contributed by atoms with van der Waals surface area (Å²) < 4.78 is 10.5. The molecule has 1 heterocycles. The predicted molar refractivity (Wildman–Crippen MR) is 74.4 cm³/mol. The van der Waals surface area contributed by atoms with Gasteiger partial charge < -0.3 is 15.2 Å². The van der Waals surface area contributed by atoms with Gasteiger partial charge in [0.25, 0.3) is 0 Å². The first-order valence-electron chi connectivity index (χ1n) is 6.01. The summed E-state index contributed by atoms with van der Waals surface area (Å²) in [5, 5.41) is 0. The van der Waals surface area contributed by atoms with Crippen LogP contribution in [-0.2, 0) is 4.74 Å². The summed E-state index contributed by atoms with van der Waals surface area (Å²) in [4.78, 5) is 2.38. The molecule has 5 heteroatoms. The van der Waals surface area contributed by atoms with Gasteiger partial charge in [-0.25, -0.2) is 0 Å². The monoisotopic (exact) mass is 272 g/mol. The molecule has 1 aromatic carbocycles. The summed E-state index contributed by atoms with van der Waals surface area (Å²) in [5.41, 5.74) is 7.14. The Bertz CT molecular complexity index is 339. The summed E-state index contributed by atoms with van der Waals surface area (Å²) in [6, 6.07) is 8.43. The van der Waals surface area contributed by atoms with E-state index < -0.39 is 0 Å². The maximum atomic E-state index is 5.89. The fourth-order valence-corrected chi connectivity index (χ4v) is 2.21. The molecule has 0 amide bonds. The minimum atomic E-state index is 0. The van der Waals surface area contributed by atoms with Crippen LogP contribution in [0.5, 0.6) is 5.75 Å². The molecule has 4 nitrogen and oxygen atoms in total. The number of hydrogen-bond acceptors (Lipinski definition) is 4. The van der Waals surface area contributed by atoms with Crippen molar-refractivity contribution in [3.05, 3.63) is 29.8 Å². The first-order valence-corrected chi connectivity index (χ1v) is 6.01. The van der Waals surface area contributed by atoms with Gasteiger partial charge in [0, 0.05) is 25.7 Å². The zero-order valence-electron chi connectivity index (χ0n) is 10.7. The summed E-state index contributed by atoms with van der Waals surface area (Å²) in [7, 11) is 1.68. The molecule has 2 N–H and O–H groups in total. The maximum absolute atomic E-state index is 5.89. The van der Waals surface area contributed by atoms with E-state index in [0.29, 0.717) is 6.54 Å². The molecule has 0 radical (unpaired) electrons. The van der Waals surface area contributed by atoms with Crippen molar-refractivity contribution in [2.75, 3.05) is 40.0 Å². The van der Waals surface area contributed by atoms with Crippen molar-refractivity contribution >= 4 is 12.4 Å². The normalized spacial score (nSPS) is 17.9. The molecule has 1 aromatic rings. The third-order valence-electron chi connectivity index (χ3n) is 3.21. The average Bonchev–Trinajstić information content (AvgIpc) is 2.42. The Balaban J connectivity index is 0.00000162. The van der Waals surface area contributed by atoms with E-state index in [2.05, 4.69) is 17.0 Å². The highest BCUT2D eigenvalue weighted by atomic mass is 35.5. The van der Waals surface area contributed by atoms with Crippen LogP contribution in [0.3, 0.4) is 0 Å². The fraction of sp³-hybridized carbons (Fsp3) is 0.538. The van der Waals surface area contributed by atoms with Gasteiger partial charge in [-0.05, 0) is 17.7 Å². The molecule has 1 atom stereocenters. The van der Waals surface area contributed by atoms with Crippen LogP contribution in [0.15, 0.2) is 24.3 Å². The molecule has 0 aromatic heterocycles. The van der Waals surface area contributed by atoms with Crippen LogP contribution in [0.1, 0.15) is 11.6 Å². The van der Waals surface area contributed by atoms with Crippen LogP contribution in [0.2, 0.25) is 0 Å². The van der Waals surface area contributed by atoms with Gasteiger partial charge in [0.15, 0.2) is 0 Å². The van der Waals surface area contributed by atoms with E-state index in [1.165, 1.54) is 5.56 Å². The van der Waals surface area contributed by atoms with Crippen molar-refractivity contribution < 1.29 is 9.47 Å². The molecule has 102 valence electrons. The first-order chi connectivity index (χ1) is 8.35. The lowest BCUT2D eigenvalue weighted by Crippen LogP contribution is -2.41. The lowest BCUT2D eigenvalue weighted by atomic mass is 10.0. The molecule has 0 saturated carbocycles. The number of benzene rings is 1. The molecule has 1 saturated heterocycles. The summed E-state index contributed by atoms with van der Waals surface area (Å²) in [6.07, 6.45) is 0. The van der Waals surface area contributed by atoms with Gasteiger partial charge in [0.2, 0.25) is 0 Å². The topological polar surface area (TPSA) is 47.7 Å². The van der Waals surface area contributed by atoms with Crippen molar-refractivity contribution in [3.63, 3.8) is 0 Å². The highest BCUT2D eigenvalue weighted by molar-refractivity contribution is 5.85. The molecule has 0 aliphatic carbocycles. The number of methoxy groups -OCH3 is 1. The van der Waals surface area contributed by atoms with Crippen molar-refractivity contribution in [1.29, 1.82) is 0 Å². The Labute approximate surface area is 114 Å². The van der Waals surface area contributed by atoms with Gasteiger partial charge in [-0.2, -0.15) is 0 Å². The van der Waals surface area contributed by atoms with Gasteiger partial charge in [0.05, 0.1) is 20.3 Å². The van der Waals surface area contributed by atoms with Crippen molar-refractivity contribution in [2.45, 2.75) is 6.04 Å². The van der Waals surface area contributed by atoms with Gasteiger partial charge in [-0.3, -0.25) is 4.90 Å². The highest BCUT2D eigenvalue weighted by Gasteiger charge is 2.21. The van der Waals surface area contributed by atoms with Crippen LogP contribution < -0.4 is 10.5 Å². The molecule has 1 aliphatic heterocycles. The lowest BCUT2D eigenvalue weighted by molar-refractivity contribution is 0.0179. The Hall–Kier alpha value is -0.810. The molecular weight excluding hydrogens is 252 g/mol. The zero-order chi connectivity index (χ0) is 12.1. The van der Waals surface area contributed by atoms with Crippen LogP contribution in [0.25, 0.3) is 0 Å². The third kappa shape index (κ3) is 3.59. The summed E-state index contributed by atoms with van der Waals surface area (Å²) in [5.74, 6) is 0.881. The van der Waals surface area contributed by atoms with Crippen LogP contribution >= 0.6 is 12.4 Å². The number of rotatable bonds is 4. The molecule has 2 rings (SSSR count). The van der Waals surface area contributed by atoms with Crippen LogP contribution in [0, 0.1) is 0 Å². The quantitative estimate of drug-likeness (QED) is 0.901. The van der Waals surface area contributed by atoms with E-state index in [0.717, 1.165) is 32.1 Å². The maximum Gasteiger partial charge on any atom is 0.118 e. The zero-order valence-corrected chi connectivity index (χ0v) is 11.5. The Kier molecular flexibility index (Phi) is 6.43. The van der Waals surface area contributed by atoms with E-state index in [4.69, 9.17) is 15.2 Å². The summed E-state index contributed by atoms with van der Waals surface area (Å²) in [6.45, 7) is 4.13. The van der Waals surface area contributed by atoms with Gasteiger partial charge >= 0.3 is 0 Å². The number of nitrogens with two attached hydrogens (primary N) is 1. The second-order valence-corrected chi connectivity index (χ2v) is 4.17. The van der Waals surface area contributed by atoms with Crippen LogP contribution in [0.4, 0.5) is 0 Å². The highest BCUT2D eigenvalue weighted by Crippen LogP contribution is 2.22. The second kappa shape index (κ2) is 7.59. The Morgan fingerprint density at radius 3 is 2.39 bits per heavy atom. The molecule has 1 unspecified atom stereocenters. The number of halogens is 1. The van der Waals surface area contributed by atoms with Gasteiger partial charge in [-0.1, -0.05) is 12.1 Å². The molecule has 1 fully saturated rings. The summed E-state index contributed by atoms with van der Waals surface area (Å²) >= 11 is 0. The number of morpholine rings is 1. The molecule has 0 spiro atoms.